The highest BCUT2D eigenvalue weighted by atomic mass is 32.1. The van der Waals surface area contributed by atoms with Crippen LogP contribution in [0.3, 0.4) is 0 Å². The average Bonchev–Trinajstić information content (AvgIpc) is 3.45. The first-order chi connectivity index (χ1) is 14.2. The van der Waals surface area contributed by atoms with Crippen LogP contribution < -0.4 is 15.0 Å². The number of ether oxygens (including phenoxy) is 2. The van der Waals surface area contributed by atoms with E-state index < -0.39 is 0 Å². The standard InChI is InChI=1S/C20H18N4O4S/c1-26-13-7-6-11(8-14(13)27-2)18-22-16(28-23-18)9-24-10-21-19-17(20(24)25)12-4-3-5-15(12)29-19/h6-8,10H,3-5,9H2,1-2H3. The summed E-state index contributed by atoms with van der Waals surface area (Å²) in [7, 11) is 3.15. The van der Waals surface area contributed by atoms with E-state index in [1.807, 2.05) is 6.07 Å². The minimum absolute atomic E-state index is 0.0553. The molecular formula is C20H18N4O4S. The maximum absolute atomic E-state index is 13.0. The second-order valence-electron chi connectivity index (χ2n) is 6.80. The van der Waals surface area contributed by atoms with Crippen LogP contribution >= 0.6 is 11.3 Å². The smallest absolute Gasteiger partial charge is 0.262 e. The number of nitrogens with zero attached hydrogens (tertiary/aromatic N) is 4. The van der Waals surface area contributed by atoms with Crippen LogP contribution in [-0.4, -0.2) is 33.9 Å². The number of fused-ring (bicyclic) bond motifs is 3. The SMILES string of the molecule is COc1ccc(-c2noc(Cn3cnc4sc5c(c4c3=O)CCC5)n2)cc1OC. The van der Waals surface area contributed by atoms with Gasteiger partial charge in [-0.25, -0.2) is 4.98 Å². The van der Waals surface area contributed by atoms with Crippen molar-refractivity contribution in [3.05, 3.63) is 51.2 Å². The fourth-order valence-electron chi connectivity index (χ4n) is 3.69. The molecule has 9 heteroatoms. The summed E-state index contributed by atoms with van der Waals surface area (Å²) in [5.41, 5.74) is 1.84. The molecule has 0 bridgehead atoms. The molecule has 29 heavy (non-hydrogen) atoms. The zero-order valence-corrected chi connectivity index (χ0v) is 16.8. The first-order valence-electron chi connectivity index (χ1n) is 9.22. The molecule has 3 aromatic heterocycles. The molecule has 0 radical (unpaired) electrons. The predicted molar refractivity (Wildman–Crippen MR) is 108 cm³/mol. The van der Waals surface area contributed by atoms with Crippen molar-refractivity contribution in [1.29, 1.82) is 0 Å². The number of hydrogen-bond acceptors (Lipinski definition) is 8. The molecule has 0 aliphatic heterocycles. The fraction of sp³-hybridized carbons (Fsp3) is 0.300. The Balaban J connectivity index is 1.46. The highest BCUT2D eigenvalue weighted by Gasteiger charge is 2.22. The molecule has 1 aromatic carbocycles. The van der Waals surface area contributed by atoms with E-state index in [1.165, 1.54) is 9.44 Å². The molecule has 0 N–H and O–H groups in total. The van der Waals surface area contributed by atoms with Gasteiger partial charge < -0.3 is 14.0 Å². The van der Waals surface area contributed by atoms with Gasteiger partial charge in [-0.3, -0.25) is 9.36 Å². The number of benzene rings is 1. The van der Waals surface area contributed by atoms with E-state index in [9.17, 15) is 4.79 Å². The van der Waals surface area contributed by atoms with Crippen LogP contribution in [0.5, 0.6) is 11.5 Å². The molecule has 0 saturated carbocycles. The predicted octanol–water partition coefficient (Wildman–Crippen LogP) is 3.06. The van der Waals surface area contributed by atoms with Gasteiger partial charge in [-0.2, -0.15) is 4.98 Å². The number of methoxy groups -OCH3 is 2. The third-order valence-electron chi connectivity index (χ3n) is 5.11. The van der Waals surface area contributed by atoms with E-state index in [-0.39, 0.29) is 12.1 Å². The van der Waals surface area contributed by atoms with Crippen molar-refractivity contribution in [2.24, 2.45) is 0 Å². The molecule has 1 aliphatic rings. The van der Waals surface area contributed by atoms with Gasteiger partial charge in [0.15, 0.2) is 11.5 Å². The first kappa shape index (κ1) is 17.9. The maximum atomic E-state index is 13.0. The monoisotopic (exact) mass is 410 g/mol. The van der Waals surface area contributed by atoms with Crippen LogP contribution in [0.4, 0.5) is 0 Å². The number of rotatable bonds is 5. The van der Waals surface area contributed by atoms with Gasteiger partial charge in [0.05, 0.1) is 25.9 Å². The first-order valence-corrected chi connectivity index (χ1v) is 10.0. The van der Waals surface area contributed by atoms with E-state index in [0.29, 0.717) is 23.2 Å². The Morgan fingerprint density at radius 1 is 1.21 bits per heavy atom. The van der Waals surface area contributed by atoms with Gasteiger partial charge in [0.1, 0.15) is 11.4 Å². The van der Waals surface area contributed by atoms with Gasteiger partial charge in [-0.1, -0.05) is 5.16 Å². The number of aromatic nitrogens is 4. The van der Waals surface area contributed by atoms with Crippen molar-refractivity contribution in [3.63, 3.8) is 0 Å². The van der Waals surface area contributed by atoms with Gasteiger partial charge in [-0.15, -0.1) is 11.3 Å². The van der Waals surface area contributed by atoms with Crippen molar-refractivity contribution in [2.75, 3.05) is 14.2 Å². The number of hydrogen-bond donors (Lipinski definition) is 0. The molecule has 148 valence electrons. The molecule has 0 saturated heterocycles. The lowest BCUT2D eigenvalue weighted by Gasteiger charge is -2.07. The second-order valence-corrected chi connectivity index (χ2v) is 7.88. The Kier molecular flexibility index (Phi) is 4.31. The minimum atomic E-state index is -0.0553. The molecule has 0 unspecified atom stereocenters. The molecule has 3 heterocycles. The number of aryl methyl sites for hydroxylation is 2. The van der Waals surface area contributed by atoms with Gasteiger partial charge in [0, 0.05) is 10.4 Å². The summed E-state index contributed by atoms with van der Waals surface area (Å²) < 4.78 is 17.5. The highest BCUT2D eigenvalue weighted by molar-refractivity contribution is 7.18. The third-order valence-corrected chi connectivity index (χ3v) is 6.31. The van der Waals surface area contributed by atoms with Crippen LogP contribution in [0.15, 0.2) is 33.8 Å². The molecule has 5 rings (SSSR count). The van der Waals surface area contributed by atoms with E-state index in [1.54, 1.807) is 44.0 Å². The zero-order chi connectivity index (χ0) is 20.0. The van der Waals surface area contributed by atoms with Crippen molar-refractivity contribution < 1.29 is 14.0 Å². The Morgan fingerprint density at radius 3 is 2.90 bits per heavy atom. The topological polar surface area (TPSA) is 92.3 Å². The minimum Gasteiger partial charge on any atom is -0.493 e. The van der Waals surface area contributed by atoms with E-state index >= 15 is 0 Å². The summed E-state index contributed by atoms with van der Waals surface area (Å²) in [6.07, 6.45) is 4.63. The lowest BCUT2D eigenvalue weighted by Crippen LogP contribution is -2.21. The quantitative estimate of drug-likeness (QED) is 0.499. The molecule has 4 aromatic rings. The molecular weight excluding hydrogens is 392 g/mol. The Bertz CT molecular complexity index is 1270. The highest BCUT2D eigenvalue weighted by Crippen LogP contribution is 2.34. The van der Waals surface area contributed by atoms with Crippen LogP contribution in [0.1, 0.15) is 22.8 Å². The maximum Gasteiger partial charge on any atom is 0.262 e. The molecule has 0 spiro atoms. The average molecular weight is 410 g/mol. The van der Waals surface area contributed by atoms with E-state index in [2.05, 4.69) is 15.1 Å². The molecule has 1 aliphatic carbocycles. The van der Waals surface area contributed by atoms with Gasteiger partial charge in [0.2, 0.25) is 11.7 Å². The molecule has 0 fully saturated rings. The zero-order valence-electron chi connectivity index (χ0n) is 16.0. The van der Waals surface area contributed by atoms with Crippen LogP contribution in [0, 0.1) is 0 Å². The summed E-state index contributed by atoms with van der Waals surface area (Å²) in [5.74, 6) is 1.95. The van der Waals surface area contributed by atoms with Crippen LogP contribution in [0.25, 0.3) is 21.6 Å². The second kappa shape index (κ2) is 7.00. The molecule has 0 atom stereocenters. The lowest BCUT2D eigenvalue weighted by molar-refractivity contribution is 0.355. The van der Waals surface area contributed by atoms with Crippen LogP contribution in [0.2, 0.25) is 0 Å². The largest absolute Gasteiger partial charge is 0.493 e. The summed E-state index contributed by atoms with van der Waals surface area (Å²) in [6.45, 7) is 0.173. The van der Waals surface area contributed by atoms with Crippen molar-refractivity contribution in [2.45, 2.75) is 25.8 Å². The summed E-state index contributed by atoms with van der Waals surface area (Å²) >= 11 is 1.63. The van der Waals surface area contributed by atoms with Gasteiger partial charge >= 0.3 is 0 Å². The van der Waals surface area contributed by atoms with Crippen molar-refractivity contribution in [1.82, 2.24) is 19.7 Å². The summed E-state index contributed by atoms with van der Waals surface area (Å²) in [6, 6.07) is 5.38. The van der Waals surface area contributed by atoms with E-state index in [0.717, 1.165) is 40.6 Å². The van der Waals surface area contributed by atoms with E-state index in [4.69, 9.17) is 14.0 Å². The van der Waals surface area contributed by atoms with Gasteiger partial charge in [0.25, 0.3) is 5.56 Å². The third kappa shape index (κ3) is 2.98. The Hall–Kier alpha value is -3.20. The van der Waals surface area contributed by atoms with Crippen LogP contribution in [-0.2, 0) is 19.4 Å². The number of thiophene rings is 1. The van der Waals surface area contributed by atoms with Gasteiger partial charge in [-0.05, 0) is 43.0 Å². The fourth-order valence-corrected chi connectivity index (χ4v) is 4.91. The Morgan fingerprint density at radius 2 is 2.07 bits per heavy atom. The lowest BCUT2D eigenvalue weighted by atomic mass is 10.2. The molecule has 8 nitrogen and oxygen atoms in total. The normalized spacial score (nSPS) is 13.0. The summed E-state index contributed by atoms with van der Waals surface area (Å²) in [5, 5.41) is 4.78. The summed E-state index contributed by atoms with van der Waals surface area (Å²) in [4.78, 5) is 24.0. The molecule has 0 amide bonds. The van der Waals surface area contributed by atoms with Crippen molar-refractivity contribution >= 4 is 21.6 Å². The van der Waals surface area contributed by atoms with Crippen molar-refractivity contribution in [3.8, 4) is 22.9 Å². The Labute approximate surface area is 169 Å².